The van der Waals surface area contributed by atoms with Crippen molar-refractivity contribution in [1.29, 1.82) is 0 Å². The quantitative estimate of drug-likeness (QED) is 0.492. The lowest BCUT2D eigenvalue weighted by molar-refractivity contribution is 1.02. The molecule has 0 saturated heterocycles. The Morgan fingerprint density at radius 3 is 2.48 bits per heavy atom. The zero-order valence-corrected chi connectivity index (χ0v) is 14.4. The van der Waals surface area contributed by atoms with Gasteiger partial charge in [-0.2, -0.15) is 0 Å². The molecule has 0 unspecified atom stereocenters. The molecule has 1 N–H and O–H groups in total. The zero-order chi connectivity index (χ0) is 15.6. The molecule has 0 fully saturated rings. The summed E-state index contributed by atoms with van der Waals surface area (Å²) in [4.78, 5) is 0. The summed E-state index contributed by atoms with van der Waals surface area (Å²) >= 11 is 3.48. The minimum absolute atomic E-state index is 0.952. The van der Waals surface area contributed by atoms with Crippen LogP contribution in [0, 0.1) is 0 Å². The predicted octanol–water partition coefficient (Wildman–Crippen LogP) is 5.67. The Morgan fingerprint density at radius 2 is 1.61 bits per heavy atom. The van der Waals surface area contributed by atoms with E-state index in [-0.39, 0.29) is 0 Å². The maximum absolute atomic E-state index is 3.55. The lowest BCUT2D eigenvalue weighted by Crippen LogP contribution is -2.05. The Morgan fingerprint density at radius 1 is 0.826 bits per heavy atom. The van der Waals surface area contributed by atoms with E-state index in [0.29, 0.717) is 0 Å². The maximum atomic E-state index is 3.55. The Kier molecular flexibility index (Phi) is 3.92. The maximum Gasteiger partial charge on any atom is 0.0343 e. The Labute approximate surface area is 145 Å². The van der Waals surface area contributed by atoms with Gasteiger partial charge in [-0.15, -0.1) is 0 Å². The van der Waals surface area contributed by atoms with Crippen LogP contribution >= 0.6 is 15.9 Å². The number of halogens is 1. The highest BCUT2D eigenvalue weighted by Crippen LogP contribution is 2.37. The van der Waals surface area contributed by atoms with Crippen LogP contribution in [0.3, 0.4) is 0 Å². The van der Waals surface area contributed by atoms with Crippen molar-refractivity contribution in [3.63, 3.8) is 0 Å². The first-order valence-electron chi connectivity index (χ1n) is 7.99. The first-order valence-corrected chi connectivity index (χ1v) is 8.78. The summed E-state index contributed by atoms with van der Waals surface area (Å²) in [5.41, 5.74) is 8.22. The summed E-state index contributed by atoms with van der Waals surface area (Å²) in [5.74, 6) is 0. The molecule has 0 aliphatic heterocycles. The molecule has 0 bridgehead atoms. The topological polar surface area (TPSA) is 12.0 Å². The van der Waals surface area contributed by atoms with E-state index in [2.05, 4.69) is 88.0 Å². The van der Waals surface area contributed by atoms with E-state index in [1.807, 2.05) is 0 Å². The van der Waals surface area contributed by atoms with Gasteiger partial charge in [0.1, 0.15) is 0 Å². The van der Waals surface area contributed by atoms with Crippen molar-refractivity contribution in [2.45, 2.75) is 12.8 Å². The molecule has 3 aromatic rings. The molecule has 3 aromatic carbocycles. The molecule has 1 aliphatic carbocycles. The molecule has 1 nitrogen and oxygen atoms in total. The summed E-state index contributed by atoms with van der Waals surface area (Å²) in [6.45, 7) is 0.952. The van der Waals surface area contributed by atoms with Crippen LogP contribution in [0.1, 0.15) is 16.7 Å². The molecular weight excluding hydrogens is 346 g/mol. The van der Waals surface area contributed by atoms with Crippen molar-refractivity contribution in [1.82, 2.24) is 0 Å². The fraction of sp³-hybridized carbons (Fsp3) is 0.143. The zero-order valence-electron chi connectivity index (χ0n) is 12.9. The summed E-state index contributed by atoms with van der Waals surface area (Å²) in [6.07, 6.45) is 2.08. The van der Waals surface area contributed by atoms with Crippen LogP contribution in [0.2, 0.25) is 0 Å². The molecule has 0 aromatic heterocycles. The standard InChI is InChI=1S/C21H18BrN/c22-18-7-5-15(6-8-18)11-12-23-19-9-10-21-17(14-19)13-16-3-1-2-4-20(16)21/h1-10,14,23H,11-13H2. The fourth-order valence-corrected chi connectivity index (χ4v) is 3.52. The number of hydrogen-bond donors (Lipinski definition) is 1. The van der Waals surface area contributed by atoms with E-state index in [1.54, 1.807) is 0 Å². The highest BCUT2D eigenvalue weighted by molar-refractivity contribution is 9.10. The highest BCUT2D eigenvalue weighted by atomic mass is 79.9. The van der Waals surface area contributed by atoms with Gasteiger partial charge in [0.25, 0.3) is 0 Å². The third-order valence-electron chi connectivity index (χ3n) is 4.45. The average molecular weight is 364 g/mol. The summed E-state index contributed by atoms with van der Waals surface area (Å²) in [7, 11) is 0. The second-order valence-electron chi connectivity index (χ2n) is 6.01. The average Bonchev–Trinajstić information content (AvgIpc) is 2.94. The number of nitrogens with one attached hydrogen (secondary N) is 1. The third kappa shape index (κ3) is 3.04. The molecule has 2 heteroatoms. The minimum Gasteiger partial charge on any atom is -0.385 e. The molecule has 0 amide bonds. The molecule has 0 radical (unpaired) electrons. The van der Waals surface area contributed by atoms with Crippen molar-refractivity contribution < 1.29 is 0 Å². The van der Waals surface area contributed by atoms with Crippen LogP contribution in [0.15, 0.2) is 71.2 Å². The van der Waals surface area contributed by atoms with Gasteiger partial charge in [-0.05, 0) is 64.9 Å². The van der Waals surface area contributed by atoms with Gasteiger partial charge >= 0.3 is 0 Å². The van der Waals surface area contributed by atoms with Gasteiger partial charge in [-0.3, -0.25) is 0 Å². The van der Waals surface area contributed by atoms with Crippen LogP contribution in [0.5, 0.6) is 0 Å². The van der Waals surface area contributed by atoms with Crippen molar-refractivity contribution >= 4 is 21.6 Å². The minimum atomic E-state index is 0.952. The fourth-order valence-electron chi connectivity index (χ4n) is 3.26. The van der Waals surface area contributed by atoms with E-state index in [4.69, 9.17) is 0 Å². The Hall–Kier alpha value is -2.06. The molecule has 1 aliphatic rings. The molecule has 0 saturated carbocycles. The number of benzene rings is 3. The number of fused-ring (bicyclic) bond motifs is 3. The predicted molar refractivity (Wildman–Crippen MR) is 101 cm³/mol. The van der Waals surface area contributed by atoms with E-state index >= 15 is 0 Å². The number of hydrogen-bond acceptors (Lipinski definition) is 1. The van der Waals surface area contributed by atoms with Gasteiger partial charge in [0.15, 0.2) is 0 Å². The van der Waals surface area contributed by atoms with Crippen LogP contribution < -0.4 is 5.32 Å². The summed E-state index contributed by atoms with van der Waals surface area (Å²) in [5, 5.41) is 3.55. The second-order valence-corrected chi connectivity index (χ2v) is 6.92. The molecule has 4 rings (SSSR count). The summed E-state index contributed by atoms with van der Waals surface area (Å²) < 4.78 is 1.13. The number of anilines is 1. The smallest absolute Gasteiger partial charge is 0.0343 e. The van der Waals surface area contributed by atoms with Gasteiger partial charge in [0.05, 0.1) is 0 Å². The molecular formula is C21H18BrN. The Bertz CT molecular complexity index is 837. The first kappa shape index (κ1) is 14.5. The lowest BCUT2D eigenvalue weighted by atomic mass is 10.1. The molecule has 0 spiro atoms. The molecule has 23 heavy (non-hydrogen) atoms. The van der Waals surface area contributed by atoms with Gasteiger partial charge in [0, 0.05) is 16.7 Å². The van der Waals surface area contributed by atoms with Crippen LogP contribution in [0.25, 0.3) is 11.1 Å². The van der Waals surface area contributed by atoms with E-state index in [9.17, 15) is 0 Å². The monoisotopic (exact) mass is 363 g/mol. The summed E-state index contributed by atoms with van der Waals surface area (Å²) in [6, 6.07) is 24.0. The molecule has 0 heterocycles. The normalized spacial score (nSPS) is 11.9. The van der Waals surface area contributed by atoms with Crippen molar-refractivity contribution in [2.24, 2.45) is 0 Å². The van der Waals surface area contributed by atoms with Crippen LogP contribution in [0.4, 0.5) is 5.69 Å². The SMILES string of the molecule is Brc1ccc(CCNc2ccc3c(c2)Cc2ccccc2-3)cc1. The van der Waals surface area contributed by atoms with E-state index in [1.165, 1.54) is 33.5 Å². The van der Waals surface area contributed by atoms with Crippen molar-refractivity contribution in [2.75, 3.05) is 11.9 Å². The van der Waals surface area contributed by atoms with Crippen molar-refractivity contribution in [3.05, 3.63) is 87.9 Å². The second kappa shape index (κ2) is 6.21. The van der Waals surface area contributed by atoms with Gasteiger partial charge in [-0.25, -0.2) is 0 Å². The van der Waals surface area contributed by atoms with Gasteiger partial charge in [0.2, 0.25) is 0 Å². The van der Waals surface area contributed by atoms with Crippen molar-refractivity contribution in [3.8, 4) is 11.1 Å². The highest BCUT2D eigenvalue weighted by Gasteiger charge is 2.17. The van der Waals surface area contributed by atoms with Gasteiger partial charge in [-0.1, -0.05) is 58.4 Å². The van der Waals surface area contributed by atoms with E-state index in [0.717, 1.165) is 23.9 Å². The largest absolute Gasteiger partial charge is 0.385 e. The van der Waals surface area contributed by atoms with Crippen LogP contribution in [-0.4, -0.2) is 6.54 Å². The lowest BCUT2D eigenvalue weighted by Gasteiger charge is -2.09. The van der Waals surface area contributed by atoms with E-state index < -0.39 is 0 Å². The van der Waals surface area contributed by atoms with Crippen LogP contribution in [-0.2, 0) is 12.8 Å². The first-order chi connectivity index (χ1) is 11.3. The Balaban J connectivity index is 1.43. The number of rotatable bonds is 4. The molecule has 114 valence electrons. The third-order valence-corrected chi connectivity index (χ3v) is 4.98. The van der Waals surface area contributed by atoms with Gasteiger partial charge < -0.3 is 5.32 Å². The molecule has 0 atom stereocenters.